The quantitative estimate of drug-likeness (QED) is 0.0532. The highest BCUT2D eigenvalue weighted by Gasteiger charge is 2.52. The molecule has 2 aromatic carbocycles. The number of esters is 1. The molecule has 2 aromatic rings. The minimum Gasteiger partial charge on any atom is -0.504 e. The number of ether oxygens (including phenoxy) is 7. The third-order valence-electron chi connectivity index (χ3n) is 9.01. The van der Waals surface area contributed by atoms with Crippen molar-refractivity contribution in [2.75, 3.05) is 26.4 Å². The normalized spacial score (nSPS) is 35.9. The van der Waals surface area contributed by atoms with Gasteiger partial charge in [-0.1, -0.05) is 12.1 Å². The van der Waals surface area contributed by atoms with Crippen LogP contribution in [0.3, 0.4) is 0 Å². The summed E-state index contributed by atoms with van der Waals surface area (Å²) in [6, 6.07) is 7.74. The van der Waals surface area contributed by atoms with Crippen molar-refractivity contribution in [3.05, 3.63) is 53.6 Å². The van der Waals surface area contributed by atoms with Gasteiger partial charge in [-0.2, -0.15) is 0 Å². The van der Waals surface area contributed by atoms with Crippen LogP contribution in [0.15, 0.2) is 42.5 Å². The van der Waals surface area contributed by atoms with E-state index >= 15 is 0 Å². The molecule has 0 radical (unpaired) electrons. The van der Waals surface area contributed by atoms with Gasteiger partial charge in [0, 0.05) is 6.08 Å². The molecule has 0 bridgehead atoms. The van der Waals surface area contributed by atoms with Crippen molar-refractivity contribution in [2.24, 2.45) is 0 Å². The Bertz CT molecular complexity index is 1570. The molecule has 3 heterocycles. The zero-order valence-electron chi connectivity index (χ0n) is 28.4. The van der Waals surface area contributed by atoms with Gasteiger partial charge < -0.3 is 94.4 Å². The molecule has 0 saturated carbocycles. The minimum absolute atomic E-state index is 0.114. The lowest BCUT2D eigenvalue weighted by molar-refractivity contribution is -0.358. The Balaban J connectivity index is 1.42. The molecule has 14 unspecified atom stereocenters. The van der Waals surface area contributed by atoms with Crippen LogP contribution in [0.1, 0.15) is 11.1 Å². The number of carbonyl (C=O) groups excluding carboxylic acids is 1. The molecule has 0 aromatic heterocycles. The van der Waals surface area contributed by atoms with E-state index in [9.17, 15) is 66.1 Å². The SMILES string of the molecule is O=C(C=Cc1ccc(O)c(O)c1)OC1C(COC2OC(CO)C(O)C(O)C2O)OC(OCCc2ccc(O)c(O)c2)C(O)C1OC1OCC(O)C(O)C1O. The summed E-state index contributed by atoms with van der Waals surface area (Å²) in [5.41, 5.74) is 0.775. The molecule has 3 aliphatic rings. The van der Waals surface area contributed by atoms with Gasteiger partial charge in [-0.05, 0) is 47.9 Å². The number of aliphatic hydroxyl groups excluding tert-OH is 8. The standard InChI is InChI=1S/C34H44O20/c35-11-21-25(43)26(44)28(46)32(51-21)50-13-22-30(53-23(41)6-3-14-1-4-16(36)18(38)9-14)31(54-33-27(45)24(42)20(40)12-49-33)29(47)34(52-22)48-8-7-15-2-5-17(37)19(39)10-15/h1-6,9-10,20-22,24-40,42-47H,7-8,11-13H2. The fourth-order valence-electron chi connectivity index (χ4n) is 5.91. The number of carbonyl (C=O) groups is 1. The van der Waals surface area contributed by atoms with Gasteiger partial charge in [-0.25, -0.2) is 4.79 Å². The molecule has 20 heteroatoms. The fraction of sp³-hybridized carbons (Fsp3) is 0.559. The Kier molecular flexibility index (Phi) is 14.0. The first-order valence-electron chi connectivity index (χ1n) is 16.8. The first-order valence-corrected chi connectivity index (χ1v) is 16.8. The second-order valence-electron chi connectivity index (χ2n) is 12.8. The van der Waals surface area contributed by atoms with Crippen LogP contribution in [-0.2, 0) is 44.4 Å². The van der Waals surface area contributed by atoms with Crippen LogP contribution in [0.4, 0.5) is 0 Å². The van der Waals surface area contributed by atoms with Crippen LogP contribution in [0, 0.1) is 0 Å². The molecule has 12 N–H and O–H groups in total. The Hall–Kier alpha value is -3.71. The van der Waals surface area contributed by atoms with Gasteiger partial charge in [-0.3, -0.25) is 0 Å². The first-order chi connectivity index (χ1) is 25.7. The summed E-state index contributed by atoms with van der Waals surface area (Å²) in [5.74, 6) is -2.70. The number of aromatic hydroxyl groups is 4. The Morgan fingerprint density at radius 1 is 0.704 bits per heavy atom. The molecule has 54 heavy (non-hydrogen) atoms. The van der Waals surface area contributed by atoms with Gasteiger partial charge in [0.15, 0.2) is 48.0 Å². The van der Waals surface area contributed by atoms with Crippen LogP contribution in [-0.4, -0.2) is 180 Å². The summed E-state index contributed by atoms with van der Waals surface area (Å²) in [6.07, 6.45) is -21.3. The summed E-state index contributed by atoms with van der Waals surface area (Å²) in [7, 11) is 0. The number of phenols is 4. The van der Waals surface area contributed by atoms with Crippen LogP contribution in [0.25, 0.3) is 6.08 Å². The van der Waals surface area contributed by atoms with Crippen LogP contribution in [0.2, 0.25) is 0 Å². The molecule has 3 aliphatic heterocycles. The van der Waals surface area contributed by atoms with Gasteiger partial charge in [0.2, 0.25) is 0 Å². The van der Waals surface area contributed by atoms with Gasteiger partial charge in [0.1, 0.15) is 61.0 Å². The molecule has 20 nitrogen and oxygen atoms in total. The van der Waals surface area contributed by atoms with Crippen molar-refractivity contribution < 1.29 is 99.2 Å². The van der Waals surface area contributed by atoms with Crippen molar-refractivity contribution in [3.63, 3.8) is 0 Å². The monoisotopic (exact) mass is 772 g/mol. The number of aliphatic hydroxyl groups is 8. The molecule has 300 valence electrons. The van der Waals surface area contributed by atoms with E-state index in [4.69, 9.17) is 33.2 Å². The number of hydrogen-bond acceptors (Lipinski definition) is 20. The van der Waals surface area contributed by atoms with Gasteiger partial charge >= 0.3 is 5.97 Å². The molecule has 14 atom stereocenters. The maximum absolute atomic E-state index is 13.2. The van der Waals surface area contributed by atoms with Crippen LogP contribution >= 0.6 is 0 Å². The second kappa shape index (κ2) is 18.3. The van der Waals surface area contributed by atoms with Gasteiger partial charge in [0.25, 0.3) is 0 Å². The van der Waals surface area contributed by atoms with Crippen LogP contribution < -0.4 is 0 Å². The topological polar surface area (TPSA) is 324 Å². The second-order valence-corrected chi connectivity index (χ2v) is 12.8. The highest BCUT2D eigenvalue weighted by molar-refractivity contribution is 5.87. The van der Waals surface area contributed by atoms with Crippen LogP contribution in [0.5, 0.6) is 23.0 Å². The molecule has 5 rings (SSSR count). The van der Waals surface area contributed by atoms with E-state index in [2.05, 4.69) is 0 Å². The number of rotatable bonds is 13. The van der Waals surface area contributed by atoms with E-state index in [0.29, 0.717) is 5.56 Å². The van der Waals surface area contributed by atoms with E-state index < -0.39 is 123 Å². The molecule has 3 fully saturated rings. The predicted molar refractivity (Wildman–Crippen MR) is 175 cm³/mol. The summed E-state index contributed by atoms with van der Waals surface area (Å²) >= 11 is 0. The molecular formula is C34H44O20. The van der Waals surface area contributed by atoms with Crippen molar-refractivity contribution in [1.82, 2.24) is 0 Å². The fourth-order valence-corrected chi connectivity index (χ4v) is 5.91. The van der Waals surface area contributed by atoms with E-state index in [0.717, 1.165) is 12.1 Å². The molecule has 3 saturated heterocycles. The van der Waals surface area contributed by atoms with Crippen molar-refractivity contribution in [1.29, 1.82) is 0 Å². The Labute approximate surface area is 306 Å². The minimum atomic E-state index is -1.87. The number of phenolic OH excluding ortho intramolecular Hbond substituents is 4. The lowest BCUT2D eigenvalue weighted by Crippen LogP contribution is -2.65. The molecular weight excluding hydrogens is 728 g/mol. The zero-order valence-corrected chi connectivity index (χ0v) is 28.4. The van der Waals surface area contributed by atoms with Gasteiger partial charge in [0.05, 0.1) is 26.4 Å². The summed E-state index contributed by atoms with van der Waals surface area (Å²) < 4.78 is 39.8. The highest BCUT2D eigenvalue weighted by Crippen LogP contribution is 2.33. The average Bonchev–Trinajstić information content (AvgIpc) is 3.15. The molecule has 0 aliphatic carbocycles. The largest absolute Gasteiger partial charge is 0.504 e. The lowest BCUT2D eigenvalue weighted by atomic mass is 9.97. The Morgan fingerprint density at radius 3 is 2.04 bits per heavy atom. The van der Waals surface area contributed by atoms with E-state index in [-0.39, 0.29) is 30.1 Å². The summed E-state index contributed by atoms with van der Waals surface area (Å²) in [5, 5.41) is 122. The van der Waals surface area contributed by atoms with Crippen molar-refractivity contribution in [2.45, 2.75) is 92.4 Å². The van der Waals surface area contributed by atoms with Crippen molar-refractivity contribution >= 4 is 12.0 Å². The Morgan fingerprint density at radius 2 is 1.35 bits per heavy atom. The van der Waals surface area contributed by atoms with E-state index in [1.54, 1.807) is 0 Å². The van der Waals surface area contributed by atoms with E-state index in [1.807, 2.05) is 0 Å². The van der Waals surface area contributed by atoms with E-state index in [1.165, 1.54) is 36.4 Å². The summed E-state index contributed by atoms with van der Waals surface area (Å²) in [4.78, 5) is 13.2. The summed E-state index contributed by atoms with van der Waals surface area (Å²) in [6.45, 7) is -2.13. The third kappa shape index (κ3) is 9.74. The molecule has 0 amide bonds. The van der Waals surface area contributed by atoms with Gasteiger partial charge in [-0.15, -0.1) is 0 Å². The number of hydrogen-bond donors (Lipinski definition) is 12. The highest BCUT2D eigenvalue weighted by atomic mass is 16.8. The average molecular weight is 773 g/mol. The zero-order chi connectivity index (χ0) is 39.3. The molecule has 0 spiro atoms. The third-order valence-corrected chi connectivity index (χ3v) is 9.01. The lowest BCUT2D eigenvalue weighted by Gasteiger charge is -2.46. The first kappa shape index (κ1) is 41.5. The smallest absolute Gasteiger partial charge is 0.331 e. The predicted octanol–water partition coefficient (Wildman–Crippen LogP) is -3.58. The maximum atomic E-state index is 13.2. The number of benzene rings is 2. The maximum Gasteiger partial charge on any atom is 0.331 e. The van der Waals surface area contributed by atoms with Crippen molar-refractivity contribution in [3.8, 4) is 23.0 Å².